The van der Waals surface area contributed by atoms with Crippen molar-refractivity contribution in [3.05, 3.63) is 30.3 Å². The Bertz CT molecular complexity index is 1050. The molecule has 5 rings (SSSR count). The van der Waals surface area contributed by atoms with E-state index in [1.54, 1.807) is 18.2 Å². The Morgan fingerprint density at radius 3 is 1.91 bits per heavy atom. The molecule has 0 aliphatic carbocycles. The molecule has 2 saturated heterocycles. The fourth-order valence-electron chi connectivity index (χ4n) is 4.57. The molecule has 2 fully saturated rings. The summed E-state index contributed by atoms with van der Waals surface area (Å²) in [5.74, 6) is 2.81. The summed E-state index contributed by atoms with van der Waals surface area (Å²) in [7, 11) is -3.61. The molecule has 0 bridgehead atoms. The molecule has 3 aliphatic rings. The van der Waals surface area contributed by atoms with Crippen molar-refractivity contribution in [2.75, 3.05) is 62.3 Å². The second kappa shape index (κ2) is 9.72. The van der Waals surface area contributed by atoms with Gasteiger partial charge in [0.15, 0.2) is 23.1 Å². The highest BCUT2D eigenvalue weighted by atomic mass is 32.2. The second-order valence-electron chi connectivity index (χ2n) is 8.70. The van der Waals surface area contributed by atoms with E-state index < -0.39 is 10.0 Å². The number of anilines is 2. The minimum absolute atomic E-state index is 0.238. The Hall–Kier alpha value is -2.59. The van der Waals surface area contributed by atoms with E-state index in [-0.39, 0.29) is 4.90 Å². The zero-order valence-corrected chi connectivity index (χ0v) is 19.7. The summed E-state index contributed by atoms with van der Waals surface area (Å²) in [6, 6.07) is 8.90. The number of fused-ring (bicyclic) bond motifs is 1. The Kier molecular flexibility index (Phi) is 6.55. The van der Waals surface area contributed by atoms with Gasteiger partial charge in [0.05, 0.1) is 18.1 Å². The first-order valence-electron chi connectivity index (χ1n) is 11.8. The maximum absolute atomic E-state index is 13.2. The lowest BCUT2D eigenvalue weighted by Crippen LogP contribution is -2.49. The Labute approximate surface area is 195 Å². The van der Waals surface area contributed by atoms with Gasteiger partial charge in [0, 0.05) is 51.8 Å². The van der Waals surface area contributed by atoms with Gasteiger partial charge in [-0.2, -0.15) is 4.31 Å². The normalized spacial score (nSPS) is 20.2. The Morgan fingerprint density at radius 1 is 0.667 bits per heavy atom. The first-order chi connectivity index (χ1) is 16.1. The van der Waals surface area contributed by atoms with Gasteiger partial charge in [0.1, 0.15) is 0 Å². The van der Waals surface area contributed by atoms with Crippen LogP contribution in [-0.4, -0.2) is 75.4 Å². The predicted molar refractivity (Wildman–Crippen MR) is 126 cm³/mol. The molecule has 4 heterocycles. The summed E-state index contributed by atoms with van der Waals surface area (Å²) >= 11 is 0. The first-order valence-corrected chi connectivity index (χ1v) is 13.3. The van der Waals surface area contributed by atoms with Crippen molar-refractivity contribution in [3.8, 4) is 11.5 Å². The van der Waals surface area contributed by atoms with Crippen LogP contribution in [0.25, 0.3) is 0 Å². The standard InChI is InChI=1S/C23H31N5O4S/c29-33(30,19-6-7-20-21(18-19)32-17-5-16-31-20)28-14-12-27(13-15-28)23-9-8-22(24-25-23)26-10-3-1-2-4-11-26/h6-9,18H,1-5,10-17H2. The van der Waals surface area contributed by atoms with E-state index in [0.717, 1.165) is 31.1 Å². The lowest BCUT2D eigenvalue weighted by Gasteiger charge is -2.34. The van der Waals surface area contributed by atoms with Crippen LogP contribution in [0.4, 0.5) is 11.6 Å². The van der Waals surface area contributed by atoms with Crippen molar-refractivity contribution < 1.29 is 17.9 Å². The maximum atomic E-state index is 13.2. The average molecular weight is 474 g/mol. The SMILES string of the molecule is O=S(=O)(c1ccc2c(c1)OCCCO2)N1CCN(c2ccc(N3CCCCCC3)nn2)CC1. The topological polar surface area (TPSA) is 88.1 Å². The quantitative estimate of drug-likeness (QED) is 0.670. The molecule has 33 heavy (non-hydrogen) atoms. The monoisotopic (exact) mass is 473 g/mol. The third kappa shape index (κ3) is 4.86. The summed E-state index contributed by atoms with van der Waals surface area (Å²) in [6.07, 6.45) is 5.73. The van der Waals surface area contributed by atoms with E-state index in [9.17, 15) is 8.42 Å². The molecule has 1 aromatic heterocycles. The number of aromatic nitrogens is 2. The van der Waals surface area contributed by atoms with Crippen molar-refractivity contribution in [2.45, 2.75) is 37.0 Å². The fourth-order valence-corrected chi connectivity index (χ4v) is 6.00. The van der Waals surface area contributed by atoms with E-state index in [0.29, 0.717) is 50.9 Å². The van der Waals surface area contributed by atoms with Crippen molar-refractivity contribution in [1.29, 1.82) is 0 Å². The van der Waals surface area contributed by atoms with Crippen LogP contribution < -0.4 is 19.3 Å². The van der Waals surface area contributed by atoms with E-state index in [1.165, 1.54) is 30.0 Å². The number of benzene rings is 1. The van der Waals surface area contributed by atoms with Gasteiger partial charge in [-0.15, -0.1) is 10.2 Å². The third-order valence-corrected chi connectivity index (χ3v) is 8.38. The molecule has 9 nitrogen and oxygen atoms in total. The first kappa shape index (κ1) is 22.2. The highest BCUT2D eigenvalue weighted by Crippen LogP contribution is 2.33. The lowest BCUT2D eigenvalue weighted by molar-refractivity contribution is 0.296. The van der Waals surface area contributed by atoms with Gasteiger partial charge in [0.2, 0.25) is 10.0 Å². The van der Waals surface area contributed by atoms with Gasteiger partial charge in [0.25, 0.3) is 0 Å². The minimum atomic E-state index is -3.61. The fraction of sp³-hybridized carbons (Fsp3) is 0.565. The van der Waals surface area contributed by atoms with E-state index in [1.807, 2.05) is 12.1 Å². The van der Waals surface area contributed by atoms with Crippen molar-refractivity contribution in [1.82, 2.24) is 14.5 Å². The van der Waals surface area contributed by atoms with Gasteiger partial charge in [-0.05, 0) is 37.1 Å². The summed E-state index contributed by atoms with van der Waals surface area (Å²) in [5.41, 5.74) is 0. The van der Waals surface area contributed by atoms with Crippen LogP contribution in [0.1, 0.15) is 32.1 Å². The zero-order valence-electron chi connectivity index (χ0n) is 18.9. The van der Waals surface area contributed by atoms with Crippen LogP contribution in [0.3, 0.4) is 0 Å². The molecule has 2 aromatic rings. The second-order valence-corrected chi connectivity index (χ2v) is 10.6. The molecule has 3 aliphatic heterocycles. The molecule has 0 amide bonds. The largest absolute Gasteiger partial charge is 0.490 e. The van der Waals surface area contributed by atoms with E-state index in [4.69, 9.17) is 9.47 Å². The Balaban J connectivity index is 1.23. The number of piperazine rings is 1. The smallest absolute Gasteiger partial charge is 0.243 e. The number of rotatable bonds is 4. The summed E-state index contributed by atoms with van der Waals surface area (Å²) in [6.45, 7) is 5.09. The van der Waals surface area contributed by atoms with Gasteiger partial charge in [-0.3, -0.25) is 0 Å². The van der Waals surface area contributed by atoms with Gasteiger partial charge < -0.3 is 19.3 Å². The molecule has 0 unspecified atom stereocenters. The summed E-state index contributed by atoms with van der Waals surface area (Å²) < 4.78 is 39.3. The minimum Gasteiger partial charge on any atom is -0.490 e. The molecular formula is C23H31N5O4S. The molecule has 0 saturated carbocycles. The Morgan fingerprint density at radius 2 is 1.27 bits per heavy atom. The van der Waals surface area contributed by atoms with Crippen LogP contribution >= 0.6 is 0 Å². The molecule has 0 N–H and O–H groups in total. The van der Waals surface area contributed by atoms with Crippen molar-refractivity contribution in [2.24, 2.45) is 0 Å². The van der Waals surface area contributed by atoms with Gasteiger partial charge in [-0.1, -0.05) is 12.8 Å². The van der Waals surface area contributed by atoms with Gasteiger partial charge >= 0.3 is 0 Å². The lowest BCUT2D eigenvalue weighted by atomic mass is 10.2. The van der Waals surface area contributed by atoms with Crippen molar-refractivity contribution in [3.63, 3.8) is 0 Å². The maximum Gasteiger partial charge on any atom is 0.243 e. The molecule has 1 aromatic carbocycles. The predicted octanol–water partition coefficient (Wildman–Crippen LogP) is 2.53. The number of nitrogens with zero attached hydrogens (tertiary/aromatic N) is 5. The van der Waals surface area contributed by atoms with E-state index in [2.05, 4.69) is 20.0 Å². The molecule has 178 valence electrons. The molecule has 0 atom stereocenters. The number of hydrogen-bond donors (Lipinski definition) is 0. The van der Waals surface area contributed by atoms with E-state index >= 15 is 0 Å². The van der Waals surface area contributed by atoms with Crippen LogP contribution in [0.5, 0.6) is 11.5 Å². The third-order valence-electron chi connectivity index (χ3n) is 6.49. The van der Waals surface area contributed by atoms with Crippen LogP contribution in [-0.2, 0) is 10.0 Å². The zero-order chi connectivity index (χ0) is 22.7. The van der Waals surface area contributed by atoms with Crippen LogP contribution in [0, 0.1) is 0 Å². The molecule has 0 radical (unpaired) electrons. The molecular weight excluding hydrogens is 442 g/mol. The molecule has 10 heteroatoms. The molecule has 0 spiro atoms. The van der Waals surface area contributed by atoms with Crippen LogP contribution in [0.2, 0.25) is 0 Å². The highest BCUT2D eigenvalue weighted by molar-refractivity contribution is 7.89. The van der Waals surface area contributed by atoms with Crippen LogP contribution in [0.15, 0.2) is 35.2 Å². The van der Waals surface area contributed by atoms with Gasteiger partial charge in [-0.25, -0.2) is 8.42 Å². The average Bonchev–Trinajstić information content (AvgIpc) is 3.27. The summed E-state index contributed by atoms with van der Waals surface area (Å²) in [5, 5.41) is 8.91. The summed E-state index contributed by atoms with van der Waals surface area (Å²) in [4.78, 5) is 4.64. The number of ether oxygens (including phenoxy) is 2. The number of hydrogen-bond acceptors (Lipinski definition) is 8. The van der Waals surface area contributed by atoms with Crippen molar-refractivity contribution >= 4 is 21.7 Å². The highest BCUT2D eigenvalue weighted by Gasteiger charge is 2.30. The number of sulfonamides is 1.